The SMILES string of the molecule is CCc1ccc(N2C[C@H]3C[C@@H]2CO3)nc1. The second-order valence-electron chi connectivity index (χ2n) is 4.38. The summed E-state index contributed by atoms with van der Waals surface area (Å²) in [7, 11) is 0. The normalized spacial score (nSPS) is 28.7. The lowest BCUT2D eigenvalue weighted by Gasteiger charge is -2.27. The number of hydrogen-bond donors (Lipinski definition) is 0. The number of nitrogens with zero attached hydrogens (tertiary/aromatic N) is 2. The largest absolute Gasteiger partial charge is 0.374 e. The summed E-state index contributed by atoms with van der Waals surface area (Å²) in [4.78, 5) is 6.90. The minimum absolute atomic E-state index is 0.447. The summed E-state index contributed by atoms with van der Waals surface area (Å²) >= 11 is 0. The Labute approximate surface area is 90.1 Å². The van der Waals surface area contributed by atoms with Gasteiger partial charge in [0.05, 0.1) is 18.8 Å². The highest BCUT2D eigenvalue weighted by atomic mass is 16.5. The summed E-state index contributed by atoms with van der Waals surface area (Å²) in [6, 6.07) is 4.88. The number of pyridine rings is 1. The van der Waals surface area contributed by atoms with E-state index in [1.165, 1.54) is 12.0 Å². The molecular formula is C12H16N2O. The van der Waals surface area contributed by atoms with Crippen LogP contribution < -0.4 is 4.90 Å². The molecule has 0 aromatic carbocycles. The van der Waals surface area contributed by atoms with Crippen LogP contribution in [0, 0.1) is 0 Å². The van der Waals surface area contributed by atoms with Crippen molar-refractivity contribution >= 4 is 5.82 Å². The van der Waals surface area contributed by atoms with Gasteiger partial charge in [-0.1, -0.05) is 13.0 Å². The molecule has 3 heteroatoms. The van der Waals surface area contributed by atoms with Crippen LogP contribution in [0.1, 0.15) is 18.9 Å². The van der Waals surface area contributed by atoms with Crippen molar-refractivity contribution in [1.82, 2.24) is 4.98 Å². The predicted octanol–water partition coefficient (Wildman–Crippen LogP) is 1.62. The molecule has 2 aliphatic rings. The Morgan fingerprint density at radius 1 is 1.53 bits per heavy atom. The lowest BCUT2D eigenvalue weighted by Crippen LogP contribution is -2.37. The Morgan fingerprint density at radius 3 is 3.00 bits per heavy atom. The van der Waals surface area contributed by atoms with Gasteiger partial charge in [0, 0.05) is 12.7 Å². The lowest BCUT2D eigenvalue weighted by atomic mass is 10.2. The summed E-state index contributed by atoms with van der Waals surface area (Å²) in [5.41, 5.74) is 1.30. The molecular weight excluding hydrogens is 188 g/mol. The van der Waals surface area contributed by atoms with E-state index in [2.05, 4.69) is 28.9 Å². The summed E-state index contributed by atoms with van der Waals surface area (Å²) in [5.74, 6) is 1.11. The molecule has 3 heterocycles. The van der Waals surface area contributed by atoms with Crippen molar-refractivity contribution in [3.8, 4) is 0 Å². The fourth-order valence-electron chi connectivity index (χ4n) is 2.48. The van der Waals surface area contributed by atoms with Gasteiger partial charge < -0.3 is 9.64 Å². The van der Waals surface area contributed by atoms with Crippen LogP contribution in [0.25, 0.3) is 0 Å². The number of fused-ring (bicyclic) bond motifs is 2. The molecule has 2 fully saturated rings. The van der Waals surface area contributed by atoms with Crippen molar-refractivity contribution in [2.45, 2.75) is 31.9 Å². The van der Waals surface area contributed by atoms with E-state index >= 15 is 0 Å². The first-order valence-corrected chi connectivity index (χ1v) is 5.70. The van der Waals surface area contributed by atoms with Gasteiger partial charge in [0.2, 0.25) is 0 Å². The molecule has 2 bridgehead atoms. The number of aromatic nitrogens is 1. The molecule has 2 aliphatic heterocycles. The zero-order chi connectivity index (χ0) is 10.3. The van der Waals surface area contributed by atoms with Crippen LogP contribution in [0.3, 0.4) is 0 Å². The molecule has 80 valence electrons. The maximum atomic E-state index is 5.58. The zero-order valence-electron chi connectivity index (χ0n) is 9.02. The molecule has 2 atom stereocenters. The van der Waals surface area contributed by atoms with E-state index in [1.54, 1.807) is 0 Å². The molecule has 1 aromatic rings. The molecule has 0 N–H and O–H groups in total. The number of ether oxygens (including phenoxy) is 1. The first-order valence-electron chi connectivity index (χ1n) is 5.70. The van der Waals surface area contributed by atoms with Crippen molar-refractivity contribution in [3.05, 3.63) is 23.9 Å². The smallest absolute Gasteiger partial charge is 0.128 e. The average Bonchev–Trinajstić information content (AvgIpc) is 2.91. The van der Waals surface area contributed by atoms with Crippen LogP contribution in [0.5, 0.6) is 0 Å². The Morgan fingerprint density at radius 2 is 2.47 bits per heavy atom. The van der Waals surface area contributed by atoms with Crippen molar-refractivity contribution in [2.24, 2.45) is 0 Å². The van der Waals surface area contributed by atoms with E-state index in [9.17, 15) is 0 Å². The van der Waals surface area contributed by atoms with Gasteiger partial charge in [-0.15, -0.1) is 0 Å². The van der Waals surface area contributed by atoms with E-state index in [4.69, 9.17) is 4.74 Å². The molecule has 0 aliphatic carbocycles. The van der Waals surface area contributed by atoms with Crippen LogP contribution >= 0.6 is 0 Å². The minimum atomic E-state index is 0.447. The topological polar surface area (TPSA) is 25.4 Å². The van der Waals surface area contributed by atoms with E-state index in [1.807, 2.05) is 6.20 Å². The lowest BCUT2D eigenvalue weighted by molar-refractivity contribution is 0.0989. The second-order valence-corrected chi connectivity index (χ2v) is 4.38. The highest BCUT2D eigenvalue weighted by molar-refractivity contribution is 5.43. The van der Waals surface area contributed by atoms with Crippen LogP contribution in [-0.2, 0) is 11.2 Å². The van der Waals surface area contributed by atoms with E-state index in [0.717, 1.165) is 25.4 Å². The monoisotopic (exact) mass is 204 g/mol. The summed E-state index contributed by atoms with van der Waals surface area (Å²) in [6.07, 6.45) is 4.67. The van der Waals surface area contributed by atoms with Crippen LogP contribution in [0.2, 0.25) is 0 Å². The predicted molar refractivity (Wildman–Crippen MR) is 59.1 cm³/mol. The standard InChI is InChI=1S/C12H16N2O/c1-2-9-3-4-12(13-6-9)14-7-11-5-10(14)8-15-11/h3-4,6,10-11H,2,5,7-8H2,1H3/t10-,11-/m1/s1. The van der Waals surface area contributed by atoms with Gasteiger partial charge in [-0.25, -0.2) is 4.98 Å². The van der Waals surface area contributed by atoms with Crippen molar-refractivity contribution in [3.63, 3.8) is 0 Å². The van der Waals surface area contributed by atoms with Crippen molar-refractivity contribution in [1.29, 1.82) is 0 Å². The molecule has 0 spiro atoms. The van der Waals surface area contributed by atoms with Crippen LogP contribution in [-0.4, -0.2) is 30.3 Å². The summed E-state index contributed by atoms with van der Waals surface area (Å²) in [6.45, 7) is 4.05. The summed E-state index contributed by atoms with van der Waals surface area (Å²) in [5, 5.41) is 0. The Balaban J connectivity index is 1.81. The molecule has 2 saturated heterocycles. The molecule has 1 aromatic heterocycles. The van der Waals surface area contributed by atoms with Crippen molar-refractivity contribution < 1.29 is 4.74 Å². The molecule has 0 radical (unpaired) electrons. The van der Waals surface area contributed by atoms with Gasteiger partial charge >= 0.3 is 0 Å². The molecule has 0 saturated carbocycles. The highest BCUT2D eigenvalue weighted by Gasteiger charge is 2.39. The Bertz CT molecular complexity index is 349. The van der Waals surface area contributed by atoms with E-state index in [-0.39, 0.29) is 0 Å². The summed E-state index contributed by atoms with van der Waals surface area (Å²) < 4.78 is 5.58. The van der Waals surface area contributed by atoms with Gasteiger partial charge in [0.25, 0.3) is 0 Å². The fourth-order valence-corrected chi connectivity index (χ4v) is 2.48. The fraction of sp³-hybridized carbons (Fsp3) is 0.583. The molecule has 3 nitrogen and oxygen atoms in total. The van der Waals surface area contributed by atoms with Gasteiger partial charge in [-0.3, -0.25) is 0 Å². The average molecular weight is 204 g/mol. The van der Waals surface area contributed by atoms with Gasteiger partial charge in [0.15, 0.2) is 0 Å². The number of rotatable bonds is 2. The first-order chi connectivity index (χ1) is 7.36. The third kappa shape index (κ3) is 1.51. The Hall–Kier alpha value is -1.09. The van der Waals surface area contributed by atoms with Gasteiger partial charge in [-0.2, -0.15) is 0 Å². The molecule has 3 rings (SSSR count). The quantitative estimate of drug-likeness (QED) is 0.732. The number of hydrogen-bond acceptors (Lipinski definition) is 3. The van der Waals surface area contributed by atoms with E-state index < -0.39 is 0 Å². The maximum absolute atomic E-state index is 5.58. The first kappa shape index (κ1) is 9.16. The van der Waals surface area contributed by atoms with Crippen LogP contribution in [0.15, 0.2) is 18.3 Å². The van der Waals surface area contributed by atoms with E-state index in [0.29, 0.717) is 12.1 Å². The zero-order valence-corrected chi connectivity index (χ0v) is 9.02. The molecule has 0 amide bonds. The molecule has 15 heavy (non-hydrogen) atoms. The number of anilines is 1. The van der Waals surface area contributed by atoms with Gasteiger partial charge in [0.1, 0.15) is 5.82 Å². The number of morpholine rings is 1. The van der Waals surface area contributed by atoms with Gasteiger partial charge in [-0.05, 0) is 24.5 Å². The molecule has 0 unspecified atom stereocenters. The maximum Gasteiger partial charge on any atom is 0.128 e. The number of aryl methyl sites for hydroxylation is 1. The third-order valence-corrected chi connectivity index (χ3v) is 3.41. The minimum Gasteiger partial charge on any atom is -0.374 e. The second kappa shape index (κ2) is 3.49. The Kier molecular flexibility index (Phi) is 2.13. The highest BCUT2D eigenvalue weighted by Crippen LogP contribution is 2.31. The van der Waals surface area contributed by atoms with Crippen molar-refractivity contribution in [2.75, 3.05) is 18.1 Å². The van der Waals surface area contributed by atoms with Crippen LogP contribution in [0.4, 0.5) is 5.82 Å². The third-order valence-electron chi connectivity index (χ3n) is 3.41.